The number of hydrogen-bond acceptors (Lipinski definition) is 2. The van der Waals surface area contributed by atoms with Gasteiger partial charge in [0.25, 0.3) is 0 Å². The van der Waals surface area contributed by atoms with E-state index in [0.717, 1.165) is 12.0 Å². The molecule has 1 fully saturated rings. The van der Waals surface area contributed by atoms with Crippen molar-refractivity contribution in [3.8, 4) is 0 Å². The Morgan fingerprint density at radius 2 is 2.19 bits per heavy atom. The first-order valence-electron chi connectivity index (χ1n) is 8.30. The second-order valence-electron chi connectivity index (χ2n) is 6.11. The van der Waals surface area contributed by atoms with Crippen LogP contribution in [0.3, 0.4) is 0 Å². The molecule has 0 aliphatic heterocycles. The van der Waals surface area contributed by atoms with Gasteiger partial charge in [0.1, 0.15) is 0 Å². The Hall–Kier alpha value is -0.930. The van der Waals surface area contributed by atoms with E-state index in [2.05, 4.69) is 47.6 Å². The molecule has 0 saturated heterocycles. The Kier molecular flexibility index (Phi) is 5.26. The summed E-state index contributed by atoms with van der Waals surface area (Å²) < 4.78 is 0. The topological polar surface area (TPSA) is 27.8 Å². The lowest BCUT2D eigenvalue weighted by Crippen LogP contribution is -2.33. The molecule has 1 aromatic carbocycles. The largest absolute Gasteiger partial charge is 0.350 e. The number of hydrogen-bond donors (Lipinski definition) is 2. The number of aromatic amines is 1. The minimum atomic E-state index is 0.772. The Morgan fingerprint density at radius 1 is 1.29 bits per heavy atom. The smallest absolute Gasteiger partial charge is 0.0732 e. The first-order chi connectivity index (χ1) is 10.4. The van der Waals surface area contributed by atoms with Gasteiger partial charge in [-0.1, -0.05) is 31.5 Å². The van der Waals surface area contributed by atoms with Gasteiger partial charge in [0.2, 0.25) is 0 Å². The van der Waals surface area contributed by atoms with Gasteiger partial charge in [-0.25, -0.2) is 0 Å². The van der Waals surface area contributed by atoms with Crippen molar-refractivity contribution in [2.45, 2.75) is 50.1 Å². The Labute approximate surface area is 132 Å². The highest BCUT2D eigenvalue weighted by atomic mass is 32.2. The first-order valence-corrected chi connectivity index (χ1v) is 9.29. The second kappa shape index (κ2) is 7.37. The number of fused-ring (bicyclic) bond motifs is 1. The normalized spacial score (nSPS) is 22.1. The van der Waals surface area contributed by atoms with E-state index >= 15 is 0 Å². The third-order valence-electron chi connectivity index (χ3n) is 4.57. The monoisotopic (exact) mass is 302 g/mol. The zero-order valence-electron chi connectivity index (χ0n) is 12.9. The Morgan fingerprint density at radius 3 is 3.05 bits per heavy atom. The maximum Gasteiger partial charge on any atom is 0.0732 e. The molecule has 1 heterocycles. The van der Waals surface area contributed by atoms with Gasteiger partial charge in [0.05, 0.1) is 5.03 Å². The average Bonchev–Trinajstić information content (AvgIpc) is 3.11. The Bertz CT molecular complexity index is 530. The number of benzene rings is 1. The molecular formula is C18H26N2S. The molecule has 21 heavy (non-hydrogen) atoms. The van der Waals surface area contributed by atoms with Crippen LogP contribution in [-0.4, -0.2) is 23.3 Å². The van der Waals surface area contributed by atoms with Crippen molar-refractivity contribution in [3.05, 3.63) is 30.3 Å². The maximum absolute atomic E-state index is 3.73. The summed E-state index contributed by atoms with van der Waals surface area (Å²) in [5, 5.41) is 6.37. The third kappa shape index (κ3) is 3.83. The predicted octanol–water partition coefficient (Wildman–Crippen LogP) is 4.82. The zero-order valence-corrected chi connectivity index (χ0v) is 13.7. The summed E-state index contributed by atoms with van der Waals surface area (Å²) in [5.41, 5.74) is 1.25. The van der Waals surface area contributed by atoms with Gasteiger partial charge < -0.3 is 10.3 Å². The minimum Gasteiger partial charge on any atom is -0.350 e. The standard InChI is InChI=1S/C18H26N2S/c1-2-11-19-16-9-5-7-14(16)10-12-21-18-13-15-6-3-4-8-17(15)20-18/h3-4,6,8,13-14,16,19-20H,2,5,7,9-12H2,1H3. The van der Waals surface area contributed by atoms with Crippen LogP contribution in [-0.2, 0) is 0 Å². The van der Waals surface area contributed by atoms with E-state index in [9.17, 15) is 0 Å². The van der Waals surface area contributed by atoms with Crippen molar-refractivity contribution < 1.29 is 0 Å². The molecule has 1 aliphatic carbocycles. The van der Waals surface area contributed by atoms with E-state index in [1.165, 1.54) is 60.3 Å². The lowest BCUT2D eigenvalue weighted by Gasteiger charge is -2.20. The van der Waals surface area contributed by atoms with E-state index in [4.69, 9.17) is 0 Å². The van der Waals surface area contributed by atoms with Gasteiger partial charge in [-0.05, 0) is 56.0 Å². The van der Waals surface area contributed by atoms with E-state index in [-0.39, 0.29) is 0 Å². The molecule has 2 aromatic rings. The summed E-state index contributed by atoms with van der Waals surface area (Å²) in [5.74, 6) is 2.11. The molecule has 2 unspecified atom stereocenters. The fraction of sp³-hybridized carbons (Fsp3) is 0.556. The minimum absolute atomic E-state index is 0.772. The van der Waals surface area contributed by atoms with Gasteiger partial charge in [-0.3, -0.25) is 0 Å². The number of H-pyrrole nitrogens is 1. The fourth-order valence-corrected chi connectivity index (χ4v) is 4.46. The highest BCUT2D eigenvalue weighted by Gasteiger charge is 2.25. The third-order valence-corrected chi connectivity index (χ3v) is 5.54. The maximum atomic E-state index is 3.73. The first kappa shape index (κ1) is 15.0. The van der Waals surface area contributed by atoms with Crippen LogP contribution in [0.15, 0.2) is 35.4 Å². The zero-order chi connectivity index (χ0) is 14.5. The lowest BCUT2D eigenvalue weighted by atomic mass is 10.0. The van der Waals surface area contributed by atoms with Crippen LogP contribution in [0.2, 0.25) is 0 Å². The van der Waals surface area contributed by atoms with Crippen molar-refractivity contribution in [3.63, 3.8) is 0 Å². The van der Waals surface area contributed by atoms with E-state index in [1.54, 1.807) is 0 Å². The van der Waals surface area contributed by atoms with E-state index < -0.39 is 0 Å². The molecular weight excluding hydrogens is 276 g/mol. The van der Waals surface area contributed by atoms with Gasteiger partial charge >= 0.3 is 0 Å². The number of thioether (sulfide) groups is 1. The van der Waals surface area contributed by atoms with E-state index in [1.807, 2.05) is 11.8 Å². The lowest BCUT2D eigenvalue weighted by molar-refractivity contribution is 0.393. The molecule has 2 N–H and O–H groups in total. The molecule has 1 aliphatic rings. The van der Waals surface area contributed by atoms with Gasteiger partial charge in [-0.15, -0.1) is 11.8 Å². The van der Waals surface area contributed by atoms with Crippen molar-refractivity contribution in [1.29, 1.82) is 0 Å². The van der Waals surface area contributed by atoms with Crippen molar-refractivity contribution in [2.24, 2.45) is 5.92 Å². The van der Waals surface area contributed by atoms with Gasteiger partial charge in [0, 0.05) is 16.9 Å². The summed E-state index contributed by atoms with van der Waals surface area (Å²) in [7, 11) is 0. The summed E-state index contributed by atoms with van der Waals surface area (Å²) in [6, 6.07) is 11.6. The van der Waals surface area contributed by atoms with Crippen LogP contribution >= 0.6 is 11.8 Å². The number of rotatable bonds is 7. The van der Waals surface area contributed by atoms with Crippen molar-refractivity contribution >= 4 is 22.7 Å². The van der Waals surface area contributed by atoms with Crippen LogP contribution in [0.25, 0.3) is 10.9 Å². The van der Waals surface area contributed by atoms with Crippen LogP contribution in [0.1, 0.15) is 39.0 Å². The summed E-state index contributed by atoms with van der Waals surface area (Å²) in [6.45, 7) is 3.43. The Balaban J connectivity index is 1.49. The van der Waals surface area contributed by atoms with Crippen LogP contribution < -0.4 is 5.32 Å². The predicted molar refractivity (Wildman–Crippen MR) is 93.1 cm³/mol. The second-order valence-corrected chi connectivity index (χ2v) is 7.25. The number of nitrogens with one attached hydrogen (secondary N) is 2. The van der Waals surface area contributed by atoms with Gasteiger partial charge in [0.15, 0.2) is 0 Å². The molecule has 3 heteroatoms. The molecule has 0 bridgehead atoms. The van der Waals surface area contributed by atoms with Gasteiger partial charge in [-0.2, -0.15) is 0 Å². The van der Waals surface area contributed by atoms with Crippen molar-refractivity contribution in [2.75, 3.05) is 12.3 Å². The summed E-state index contributed by atoms with van der Waals surface area (Å²) >= 11 is 1.98. The van der Waals surface area contributed by atoms with Crippen molar-refractivity contribution in [1.82, 2.24) is 10.3 Å². The average molecular weight is 302 g/mol. The van der Waals surface area contributed by atoms with E-state index in [0.29, 0.717) is 0 Å². The highest BCUT2D eigenvalue weighted by molar-refractivity contribution is 7.99. The van der Waals surface area contributed by atoms with Crippen LogP contribution in [0.4, 0.5) is 0 Å². The highest BCUT2D eigenvalue weighted by Crippen LogP contribution is 2.31. The molecule has 3 rings (SSSR count). The quantitative estimate of drug-likeness (QED) is 0.718. The molecule has 1 aromatic heterocycles. The molecule has 2 nitrogen and oxygen atoms in total. The SMILES string of the molecule is CCCNC1CCCC1CCSc1cc2ccccc2[nH]1. The van der Waals surface area contributed by atoms with Crippen LogP contribution in [0.5, 0.6) is 0 Å². The number of para-hydroxylation sites is 1. The fourth-order valence-electron chi connectivity index (χ4n) is 3.43. The molecule has 114 valence electrons. The molecule has 0 spiro atoms. The number of aromatic nitrogens is 1. The molecule has 0 radical (unpaired) electrons. The molecule has 1 saturated carbocycles. The summed E-state index contributed by atoms with van der Waals surface area (Å²) in [6.07, 6.45) is 6.77. The summed E-state index contributed by atoms with van der Waals surface area (Å²) in [4.78, 5) is 3.51. The molecule has 0 amide bonds. The molecule has 2 atom stereocenters. The van der Waals surface area contributed by atoms with Crippen LogP contribution in [0, 0.1) is 5.92 Å².